The lowest BCUT2D eigenvalue weighted by molar-refractivity contribution is -0.133. The number of carbonyl (C=O) groups is 1. The molecule has 1 saturated heterocycles. The third-order valence-electron chi connectivity index (χ3n) is 4.03. The highest BCUT2D eigenvalue weighted by Crippen LogP contribution is 2.26. The first-order valence-electron chi connectivity index (χ1n) is 7.91. The van der Waals surface area contributed by atoms with Crippen molar-refractivity contribution in [1.82, 2.24) is 10.2 Å². The van der Waals surface area contributed by atoms with Crippen LogP contribution in [0.25, 0.3) is 0 Å². The van der Waals surface area contributed by atoms with Crippen LogP contribution in [0, 0.1) is 12.8 Å². The van der Waals surface area contributed by atoms with Gasteiger partial charge < -0.3 is 15.0 Å². The topological polar surface area (TPSA) is 41.6 Å². The van der Waals surface area contributed by atoms with Crippen LogP contribution in [0.5, 0.6) is 5.75 Å². The lowest BCUT2D eigenvalue weighted by atomic mass is 9.98. The summed E-state index contributed by atoms with van der Waals surface area (Å²) in [6.45, 7) is 5.20. The maximum atomic E-state index is 12.3. The minimum atomic E-state index is 0.198. The van der Waals surface area contributed by atoms with Crippen LogP contribution in [0.2, 0.25) is 0 Å². The van der Waals surface area contributed by atoms with Crippen molar-refractivity contribution in [2.45, 2.75) is 26.2 Å². The number of amides is 1. The van der Waals surface area contributed by atoms with Crippen LogP contribution in [0.1, 0.15) is 24.8 Å². The Hall–Kier alpha value is -1.07. The Morgan fingerprint density at radius 2 is 2.32 bits per heavy atom. The fourth-order valence-corrected chi connectivity index (χ4v) is 3.48. The molecule has 1 atom stereocenters. The highest BCUT2D eigenvalue weighted by Gasteiger charge is 2.22. The van der Waals surface area contributed by atoms with Gasteiger partial charge in [-0.25, -0.2) is 0 Å². The standard InChI is InChI=1S/C17H25BrN2O2/c1-13-5-6-16(15(18)10-13)22-9-7-17(21)20-8-3-4-14(12-20)11-19-2/h5-6,10,14,19H,3-4,7-9,11-12H2,1-2H3/t14-/m0/s1. The van der Waals surface area contributed by atoms with Gasteiger partial charge in [-0.05, 0) is 72.9 Å². The largest absolute Gasteiger partial charge is 0.492 e. The van der Waals surface area contributed by atoms with Crippen LogP contribution in [-0.2, 0) is 4.79 Å². The lowest BCUT2D eigenvalue weighted by Gasteiger charge is -2.32. The van der Waals surface area contributed by atoms with Gasteiger partial charge in [0.05, 0.1) is 17.5 Å². The predicted molar refractivity (Wildman–Crippen MR) is 92.2 cm³/mol. The van der Waals surface area contributed by atoms with Gasteiger partial charge >= 0.3 is 0 Å². The monoisotopic (exact) mass is 368 g/mol. The molecule has 1 N–H and O–H groups in total. The van der Waals surface area contributed by atoms with E-state index in [-0.39, 0.29) is 5.91 Å². The maximum absolute atomic E-state index is 12.3. The Kier molecular flexibility index (Phi) is 6.70. The van der Waals surface area contributed by atoms with Gasteiger partial charge in [-0.2, -0.15) is 0 Å². The zero-order chi connectivity index (χ0) is 15.9. The summed E-state index contributed by atoms with van der Waals surface area (Å²) >= 11 is 3.49. The molecule has 1 aliphatic rings. The number of nitrogens with one attached hydrogen (secondary N) is 1. The first-order valence-corrected chi connectivity index (χ1v) is 8.70. The van der Waals surface area contributed by atoms with E-state index in [4.69, 9.17) is 4.74 Å². The zero-order valence-corrected chi connectivity index (χ0v) is 15.0. The number of benzene rings is 1. The summed E-state index contributed by atoms with van der Waals surface area (Å²) in [7, 11) is 1.97. The molecular weight excluding hydrogens is 344 g/mol. The number of halogens is 1. The Morgan fingerprint density at radius 3 is 3.05 bits per heavy atom. The van der Waals surface area contributed by atoms with E-state index in [9.17, 15) is 4.79 Å². The van der Waals surface area contributed by atoms with Crippen molar-refractivity contribution in [2.75, 3.05) is 33.3 Å². The summed E-state index contributed by atoms with van der Waals surface area (Å²) in [5, 5.41) is 3.20. The van der Waals surface area contributed by atoms with Gasteiger partial charge in [0, 0.05) is 13.1 Å². The van der Waals surface area contributed by atoms with E-state index in [1.54, 1.807) is 0 Å². The molecule has 0 saturated carbocycles. The summed E-state index contributed by atoms with van der Waals surface area (Å²) in [5.41, 5.74) is 1.18. The van der Waals surface area contributed by atoms with Crippen molar-refractivity contribution in [3.8, 4) is 5.75 Å². The molecule has 0 aromatic heterocycles. The number of likely N-dealkylation sites (tertiary alicyclic amines) is 1. The molecule has 1 aliphatic heterocycles. The Morgan fingerprint density at radius 1 is 1.50 bits per heavy atom. The SMILES string of the molecule is CNC[C@@H]1CCCN(C(=O)CCOc2ccc(C)cc2Br)C1. The van der Waals surface area contributed by atoms with Crippen molar-refractivity contribution in [2.24, 2.45) is 5.92 Å². The van der Waals surface area contributed by atoms with E-state index in [1.807, 2.05) is 37.1 Å². The fraction of sp³-hybridized carbons (Fsp3) is 0.588. The van der Waals surface area contributed by atoms with Crippen LogP contribution >= 0.6 is 15.9 Å². The first-order chi connectivity index (χ1) is 10.6. The number of piperidine rings is 1. The molecule has 4 nitrogen and oxygen atoms in total. The van der Waals surface area contributed by atoms with E-state index >= 15 is 0 Å². The number of carbonyl (C=O) groups excluding carboxylic acids is 1. The normalized spacial score (nSPS) is 18.3. The molecule has 5 heteroatoms. The number of ether oxygens (including phenoxy) is 1. The minimum absolute atomic E-state index is 0.198. The summed E-state index contributed by atoms with van der Waals surface area (Å²) in [6.07, 6.45) is 2.74. The highest BCUT2D eigenvalue weighted by atomic mass is 79.9. The Bertz CT molecular complexity index is 505. The predicted octanol–water partition coefficient (Wildman–Crippen LogP) is 2.98. The van der Waals surface area contributed by atoms with Gasteiger partial charge in [0.15, 0.2) is 0 Å². The molecule has 1 heterocycles. The molecule has 0 bridgehead atoms. The average Bonchev–Trinajstić information content (AvgIpc) is 2.50. The second-order valence-electron chi connectivity index (χ2n) is 5.94. The molecule has 0 radical (unpaired) electrons. The van der Waals surface area contributed by atoms with Crippen LogP contribution < -0.4 is 10.1 Å². The minimum Gasteiger partial charge on any atom is -0.492 e. The van der Waals surface area contributed by atoms with Gasteiger partial charge in [-0.3, -0.25) is 4.79 Å². The molecule has 1 aromatic rings. The van der Waals surface area contributed by atoms with Crippen molar-refractivity contribution < 1.29 is 9.53 Å². The lowest BCUT2D eigenvalue weighted by Crippen LogP contribution is -2.42. The van der Waals surface area contributed by atoms with E-state index < -0.39 is 0 Å². The van der Waals surface area contributed by atoms with Crippen molar-refractivity contribution >= 4 is 21.8 Å². The van der Waals surface area contributed by atoms with Gasteiger partial charge in [0.2, 0.25) is 5.91 Å². The fourth-order valence-electron chi connectivity index (χ4n) is 2.88. The number of rotatable bonds is 6. The van der Waals surface area contributed by atoms with Crippen LogP contribution in [0.3, 0.4) is 0 Å². The molecule has 0 spiro atoms. The van der Waals surface area contributed by atoms with E-state index in [2.05, 4.69) is 21.2 Å². The van der Waals surface area contributed by atoms with E-state index in [0.29, 0.717) is 18.9 Å². The number of nitrogens with zero attached hydrogens (tertiary/aromatic N) is 1. The van der Waals surface area contributed by atoms with Gasteiger partial charge in [-0.1, -0.05) is 6.07 Å². The zero-order valence-electron chi connectivity index (χ0n) is 13.4. The van der Waals surface area contributed by atoms with Crippen LogP contribution in [0.4, 0.5) is 0 Å². The molecule has 0 aliphatic carbocycles. The smallest absolute Gasteiger partial charge is 0.226 e. The third-order valence-corrected chi connectivity index (χ3v) is 4.65. The molecule has 2 rings (SSSR count). The first kappa shape index (κ1) is 17.3. The summed E-state index contributed by atoms with van der Waals surface area (Å²) < 4.78 is 6.66. The van der Waals surface area contributed by atoms with E-state index in [1.165, 1.54) is 12.0 Å². The molecule has 22 heavy (non-hydrogen) atoms. The molecule has 0 unspecified atom stereocenters. The summed E-state index contributed by atoms with van der Waals surface area (Å²) in [4.78, 5) is 14.3. The van der Waals surface area contributed by atoms with Crippen molar-refractivity contribution in [3.63, 3.8) is 0 Å². The Labute approximate surface area is 141 Å². The number of hydrogen-bond donors (Lipinski definition) is 1. The molecule has 1 amide bonds. The van der Waals surface area contributed by atoms with Crippen molar-refractivity contribution in [1.29, 1.82) is 0 Å². The van der Waals surface area contributed by atoms with E-state index in [0.717, 1.165) is 36.3 Å². The second-order valence-corrected chi connectivity index (χ2v) is 6.79. The summed E-state index contributed by atoms with van der Waals surface area (Å²) in [5.74, 6) is 1.57. The quantitative estimate of drug-likeness (QED) is 0.838. The third kappa shape index (κ3) is 4.99. The number of hydrogen-bond acceptors (Lipinski definition) is 3. The van der Waals surface area contributed by atoms with Crippen LogP contribution in [-0.4, -0.2) is 44.1 Å². The maximum Gasteiger partial charge on any atom is 0.226 e. The average molecular weight is 369 g/mol. The van der Waals surface area contributed by atoms with Gasteiger partial charge in [-0.15, -0.1) is 0 Å². The highest BCUT2D eigenvalue weighted by molar-refractivity contribution is 9.10. The van der Waals surface area contributed by atoms with Crippen LogP contribution in [0.15, 0.2) is 22.7 Å². The van der Waals surface area contributed by atoms with Crippen molar-refractivity contribution in [3.05, 3.63) is 28.2 Å². The molecule has 1 aromatic carbocycles. The van der Waals surface area contributed by atoms with Gasteiger partial charge in [0.1, 0.15) is 5.75 Å². The van der Waals surface area contributed by atoms with Gasteiger partial charge in [0.25, 0.3) is 0 Å². The second kappa shape index (κ2) is 8.53. The Balaban J connectivity index is 1.77. The number of aryl methyl sites for hydroxylation is 1. The molecule has 1 fully saturated rings. The molecule has 122 valence electrons. The molecular formula is C17H25BrN2O2. The summed E-state index contributed by atoms with van der Waals surface area (Å²) in [6, 6.07) is 5.97.